The highest BCUT2D eigenvalue weighted by molar-refractivity contribution is 5.83. The third-order valence-corrected chi connectivity index (χ3v) is 2.93. The maximum Gasteiger partial charge on any atom is 0.326 e. The van der Waals surface area contributed by atoms with Gasteiger partial charge >= 0.3 is 5.97 Å². The van der Waals surface area contributed by atoms with E-state index in [0.29, 0.717) is 18.9 Å². The average molecular weight is 252 g/mol. The van der Waals surface area contributed by atoms with Crippen molar-refractivity contribution in [2.24, 2.45) is 5.92 Å². The molecule has 7 heteroatoms. The molecule has 98 valence electrons. The standard InChI is InChI=1S/C11H16N4O3/c16-10(3-4-15-7-12-6-13-15)14-9(11(17)18)5-8-1-2-8/h6-9H,1-5H2,(H,14,16)(H,17,18). The van der Waals surface area contributed by atoms with Gasteiger partial charge in [-0.05, 0) is 12.3 Å². The smallest absolute Gasteiger partial charge is 0.326 e. The molecule has 0 bridgehead atoms. The Bertz CT molecular complexity index is 414. The third-order valence-electron chi connectivity index (χ3n) is 2.93. The molecule has 7 nitrogen and oxygen atoms in total. The Labute approximate surface area is 104 Å². The summed E-state index contributed by atoms with van der Waals surface area (Å²) >= 11 is 0. The Hall–Kier alpha value is -1.92. The number of hydrogen-bond donors (Lipinski definition) is 2. The van der Waals surface area contributed by atoms with E-state index in [1.54, 1.807) is 0 Å². The quantitative estimate of drug-likeness (QED) is 0.714. The number of rotatable bonds is 7. The molecule has 18 heavy (non-hydrogen) atoms. The zero-order chi connectivity index (χ0) is 13.0. The fourth-order valence-electron chi connectivity index (χ4n) is 1.74. The molecule has 1 saturated carbocycles. The SMILES string of the molecule is O=C(CCn1cncn1)NC(CC1CC1)C(=O)O. The van der Waals surface area contributed by atoms with Crippen molar-refractivity contribution in [2.45, 2.75) is 38.3 Å². The molecule has 1 atom stereocenters. The second kappa shape index (κ2) is 5.61. The van der Waals surface area contributed by atoms with Crippen LogP contribution in [0.4, 0.5) is 0 Å². The summed E-state index contributed by atoms with van der Waals surface area (Å²) in [7, 11) is 0. The van der Waals surface area contributed by atoms with Crippen molar-refractivity contribution in [3.63, 3.8) is 0 Å². The van der Waals surface area contributed by atoms with Crippen molar-refractivity contribution < 1.29 is 14.7 Å². The Morgan fingerprint density at radius 1 is 1.50 bits per heavy atom. The Morgan fingerprint density at radius 3 is 2.83 bits per heavy atom. The summed E-state index contributed by atoms with van der Waals surface area (Å²) in [5.41, 5.74) is 0. The van der Waals surface area contributed by atoms with Crippen LogP contribution in [0.15, 0.2) is 12.7 Å². The lowest BCUT2D eigenvalue weighted by Crippen LogP contribution is -2.41. The topological polar surface area (TPSA) is 97.1 Å². The number of aryl methyl sites for hydroxylation is 1. The van der Waals surface area contributed by atoms with Crippen molar-refractivity contribution in [3.05, 3.63) is 12.7 Å². The van der Waals surface area contributed by atoms with Gasteiger partial charge in [-0.25, -0.2) is 9.78 Å². The number of aromatic nitrogens is 3. The molecule has 0 saturated heterocycles. The van der Waals surface area contributed by atoms with Gasteiger partial charge < -0.3 is 10.4 Å². The maximum absolute atomic E-state index is 11.6. The number of hydrogen-bond acceptors (Lipinski definition) is 4. The van der Waals surface area contributed by atoms with Crippen molar-refractivity contribution in [1.82, 2.24) is 20.1 Å². The molecule has 1 aromatic heterocycles. The maximum atomic E-state index is 11.6. The van der Waals surface area contributed by atoms with Crippen LogP contribution < -0.4 is 5.32 Å². The van der Waals surface area contributed by atoms with Gasteiger partial charge in [0.05, 0.1) is 6.54 Å². The molecule has 1 unspecified atom stereocenters. The van der Waals surface area contributed by atoms with Crippen molar-refractivity contribution in [3.8, 4) is 0 Å². The highest BCUT2D eigenvalue weighted by Crippen LogP contribution is 2.33. The van der Waals surface area contributed by atoms with Crippen LogP contribution in [0, 0.1) is 5.92 Å². The Kier molecular flexibility index (Phi) is 3.91. The molecule has 1 aromatic rings. The average Bonchev–Trinajstić information content (AvgIpc) is 2.99. The first-order valence-electron chi connectivity index (χ1n) is 5.99. The van der Waals surface area contributed by atoms with Crippen LogP contribution in [-0.4, -0.2) is 37.8 Å². The first kappa shape index (κ1) is 12.5. The number of nitrogens with zero attached hydrogens (tertiary/aromatic N) is 3. The first-order chi connectivity index (χ1) is 8.65. The number of aliphatic carboxylic acids is 1. The minimum atomic E-state index is -0.962. The van der Waals surface area contributed by atoms with Crippen molar-refractivity contribution in [1.29, 1.82) is 0 Å². The lowest BCUT2D eigenvalue weighted by atomic mass is 10.1. The first-order valence-corrected chi connectivity index (χ1v) is 5.99. The van der Waals surface area contributed by atoms with E-state index >= 15 is 0 Å². The fourth-order valence-corrected chi connectivity index (χ4v) is 1.74. The molecule has 1 heterocycles. The van der Waals surface area contributed by atoms with E-state index in [-0.39, 0.29) is 12.3 Å². The molecule has 0 spiro atoms. The van der Waals surface area contributed by atoms with Crippen LogP contribution in [0.1, 0.15) is 25.7 Å². The zero-order valence-electron chi connectivity index (χ0n) is 9.95. The summed E-state index contributed by atoms with van der Waals surface area (Å²) < 4.78 is 1.54. The van der Waals surface area contributed by atoms with Crippen LogP contribution in [0.25, 0.3) is 0 Å². The lowest BCUT2D eigenvalue weighted by molar-refractivity contribution is -0.142. The highest BCUT2D eigenvalue weighted by Gasteiger charge is 2.29. The molecular formula is C11H16N4O3. The molecule has 1 amide bonds. The molecule has 1 aliphatic rings. The van der Waals surface area contributed by atoms with E-state index in [1.165, 1.54) is 17.3 Å². The van der Waals surface area contributed by atoms with Crippen LogP contribution in [0.3, 0.4) is 0 Å². The van der Waals surface area contributed by atoms with Gasteiger partial charge in [0, 0.05) is 6.42 Å². The predicted molar refractivity (Wildman–Crippen MR) is 61.5 cm³/mol. The molecule has 1 fully saturated rings. The van der Waals surface area contributed by atoms with Crippen LogP contribution in [0.2, 0.25) is 0 Å². The second-order valence-electron chi connectivity index (χ2n) is 4.55. The molecule has 0 aliphatic heterocycles. The largest absolute Gasteiger partial charge is 0.480 e. The minimum absolute atomic E-state index is 0.206. The zero-order valence-corrected chi connectivity index (χ0v) is 9.95. The summed E-state index contributed by atoms with van der Waals surface area (Å²) in [4.78, 5) is 26.4. The monoisotopic (exact) mass is 252 g/mol. The van der Waals surface area contributed by atoms with Crippen LogP contribution in [0.5, 0.6) is 0 Å². The molecule has 2 N–H and O–H groups in total. The number of nitrogens with one attached hydrogen (secondary N) is 1. The van der Waals surface area contributed by atoms with Crippen molar-refractivity contribution in [2.75, 3.05) is 0 Å². The summed E-state index contributed by atoms with van der Waals surface area (Å²) in [6, 6.07) is -0.763. The molecule has 2 rings (SSSR count). The Balaban J connectivity index is 1.75. The highest BCUT2D eigenvalue weighted by atomic mass is 16.4. The molecule has 0 radical (unpaired) electrons. The summed E-state index contributed by atoms with van der Waals surface area (Å²) in [6.45, 7) is 0.404. The molecular weight excluding hydrogens is 236 g/mol. The van der Waals surface area contributed by atoms with Crippen LogP contribution in [-0.2, 0) is 16.1 Å². The summed E-state index contributed by atoms with van der Waals surface area (Å²) in [5.74, 6) is -0.767. The Morgan fingerprint density at radius 2 is 2.28 bits per heavy atom. The van der Waals surface area contributed by atoms with Gasteiger partial charge in [0.1, 0.15) is 18.7 Å². The van der Waals surface area contributed by atoms with E-state index < -0.39 is 12.0 Å². The summed E-state index contributed by atoms with van der Waals surface area (Å²) in [5, 5.41) is 15.4. The van der Waals surface area contributed by atoms with E-state index in [2.05, 4.69) is 15.4 Å². The van der Waals surface area contributed by atoms with Gasteiger partial charge in [-0.1, -0.05) is 12.8 Å². The van der Waals surface area contributed by atoms with Gasteiger partial charge in [0.2, 0.25) is 5.91 Å². The number of carbonyl (C=O) groups is 2. The van der Waals surface area contributed by atoms with E-state index in [9.17, 15) is 9.59 Å². The predicted octanol–water partition coefficient (Wildman–Crippen LogP) is 0.0377. The number of carboxylic acid groups (broad SMARTS) is 1. The number of amides is 1. The van der Waals surface area contributed by atoms with Gasteiger partial charge in [-0.3, -0.25) is 9.48 Å². The number of carbonyl (C=O) groups excluding carboxylic acids is 1. The van der Waals surface area contributed by atoms with Crippen molar-refractivity contribution >= 4 is 11.9 Å². The van der Waals surface area contributed by atoms with Gasteiger partial charge in [0.25, 0.3) is 0 Å². The van der Waals surface area contributed by atoms with Gasteiger partial charge in [0.15, 0.2) is 0 Å². The normalized spacial score (nSPS) is 16.2. The van der Waals surface area contributed by atoms with Crippen LogP contribution >= 0.6 is 0 Å². The van der Waals surface area contributed by atoms with E-state index in [1.807, 2.05) is 0 Å². The third kappa shape index (κ3) is 3.83. The van der Waals surface area contributed by atoms with Gasteiger partial charge in [-0.15, -0.1) is 0 Å². The fraction of sp³-hybridized carbons (Fsp3) is 0.636. The number of carboxylic acids is 1. The van der Waals surface area contributed by atoms with E-state index in [0.717, 1.165) is 12.8 Å². The molecule has 1 aliphatic carbocycles. The molecule has 0 aromatic carbocycles. The second-order valence-corrected chi connectivity index (χ2v) is 4.55. The van der Waals surface area contributed by atoms with E-state index in [4.69, 9.17) is 5.11 Å². The minimum Gasteiger partial charge on any atom is -0.480 e. The van der Waals surface area contributed by atoms with Gasteiger partial charge in [-0.2, -0.15) is 5.10 Å². The lowest BCUT2D eigenvalue weighted by Gasteiger charge is -2.13. The summed E-state index contributed by atoms with van der Waals surface area (Å²) in [6.07, 6.45) is 5.79.